The number of amides is 1. The molecule has 0 saturated carbocycles. The maximum Gasteiger partial charge on any atom is 0.286 e. The largest absolute Gasteiger partial charge is 0.497 e. The van der Waals surface area contributed by atoms with Gasteiger partial charge < -0.3 is 18.8 Å². The quantitative estimate of drug-likeness (QED) is 0.451. The van der Waals surface area contributed by atoms with E-state index in [1.807, 2.05) is 65.2 Å². The first kappa shape index (κ1) is 20.1. The average Bonchev–Trinajstić information content (AvgIpc) is 3.11. The van der Waals surface area contributed by atoms with Crippen molar-refractivity contribution in [2.45, 2.75) is 6.54 Å². The number of carbonyl (C=O) groups excluding carboxylic acids is 1. The molecule has 0 saturated heterocycles. The third-order valence-corrected chi connectivity index (χ3v) is 5.75. The van der Waals surface area contributed by atoms with Gasteiger partial charge in [0.1, 0.15) is 11.5 Å². The smallest absolute Gasteiger partial charge is 0.286 e. The molecule has 7 heteroatoms. The zero-order chi connectivity index (χ0) is 20.9. The second kappa shape index (κ2) is 9.11. The topological polar surface area (TPSA) is 62.1 Å². The molecule has 154 valence electrons. The first-order chi connectivity index (χ1) is 14.7. The Kier molecular flexibility index (Phi) is 6.11. The van der Waals surface area contributed by atoms with Gasteiger partial charge in [-0.15, -0.1) is 0 Å². The second-order valence-corrected chi connectivity index (χ2v) is 7.68. The van der Waals surface area contributed by atoms with Gasteiger partial charge in [0.25, 0.3) is 5.91 Å². The molecule has 0 fully saturated rings. The van der Waals surface area contributed by atoms with Gasteiger partial charge in [-0.25, -0.2) is 0 Å². The zero-order valence-corrected chi connectivity index (χ0v) is 17.6. The number of ether oxygens (including phenoxy) is 3. The summed E-state index contributed by atoms with van der Waals surface area (Å²) in [6, 6.07) is 19.6. The highest BCUT2D eigenvalue weighted by Gasteiger charge is 2.10. The van der Waals surface area contributed by atoms with Gasteiger partial charge in [0.15, 0.2) is 11.4 Å². The molecule has 1 amide bonds. The van der Waals surface area contributed by atoms with Gasteiger partial charge in [0.2, 0.25) is 0 Å². The fourth-order valence-corrected chi connectivity index (χ4v) is 4.31. The Labute approximate surface area is 178 Å². The number of aromatic nitrogens is 1. The van der Waals surface area contributed by atoms with Gasteiger partial charge >= 0.3 is 0 Å². The van der Waals surface area contributed by atoms with Crippen LogP contribution in [0.2, 0.25) is 0 Å². The summed E-state index contributed by atoms with van der Waals surface area (Å²) in [5, 5.41) is 2.19. The van der Waals surface area contributed by atoms with Crippen molar-refractivity contribution in [1.29, 1.82) is 0 Å². The maximum absolute atomic E-state index is 12.5. The Balaban J connectivity index is 1.58. The van der Waals surface area contributed by atoms with Crippen molar-refractivity contribution in [1.82, 2.24) is 4.57 Å². The normalized spacial score (nSPS) is 11.9. The molecule has 3 aromatic carbocycles. The van der Waals surface area contributed by atoms with Crippen LogP contribution in [0.4, 0.5) is 0 Å². The van der Waals surface area contributed by atoms with Crippen LogP contribution in [-0.2, 0) is 16.1 Å². The van der Waals surface area contributed by atoms with Crippen molar-refractivity contribution in [2.24, 2.45) is 4.99 Å². The molecule has 0 aliphatic rings. The van der Waals surface area contributed by atoms with Crippen LogP contribution >= 0.6 is 11.3 Å². The lowest BCUT2D eigenvalue weighted by Gasteiger charge is -2.06. The molecule has 0 radical (unpaired) electrons. The van der Waals surface area contributed by atoms with Crippen LogP contribution in [0.3, 0.4) is 0 Å². The Bertz CT molecular complexity index is 1260. The van der Waals surface area contributed by atoms with Gasteiger partial charge in [-0.05, 0) is 41.1 Å². The highest BCUT2D eigenvalue weighted by atomic mass is 32.1. The number of fused-ring (bicyclic) bond motifs is 2. The predicted octanol–water partition coefficient (Wildman–Crippen LogP) is 4.02. The van der Waals surface area contributed by atoms with E-state index in [0.29, 0.717) is 23.7 Å². The Morgan fingerprint density at radius 2 is 1.80 bits per heavy atom. The minimum atomic E-state index is -0.340. The number of benzene rings is 3. The Morgan fingerprint density at radius 3 is 2.60 bits per heavy atom. The molecule has 0 aliphatic carbocycles. The second-order valence-electron chi connectivity index (χ2n) is 6.67. The lowest BCUT2D eigenvalue weighted by Crippen LogP contribution is -2.21. The van der Waals surface area contributed by atoms with E-state index >= 15 is 0 Å². The summed E-state index contributed by atoms with van der Waals surface area (Å²) >= 11 is 1.44. The van der Waals surface area contributed by atoms with Crippen LogP contribution in [0.25, 0.3) is 21.0 Å². The van der Waals surface area contributed by atoms with Crippen LogP contribution in [0.15, 0.2) is 65.7 Å². The van der Waals surface area contributed by atoms with E-state index in [4.69, 9.17) is 14.2 Å². The molecule has 0 bridgehead atoms. The summed E-state index contributed by atoms with van der Waals surface area (Å²) in [5.41, 5.74) is 0.986. The fourth-order valence-electron chi connectivity index (χ4n) is 3.21. The number of thiazole rings is 1. The zero-order valence-electron chi connectivity index (χ0n) is 16.8. The van der Waals surface area contributed by atoms with Crippen LogP contribution in [0, 0.1) is 0 Å². The molecular weight excluding hydrogens is 400 g/mol. The first-order valence-corrected chi connectivity index (χ1v) is 10.3. The summed E-state index contributed by atoms with van der Waals surface area (Å²) in [7, 11) is 3.28. The van der Waals surface area contributed by atoms with E-state index in [0.717, 1.165) is 26.7 Å². The standard InChI is InChI=1S/C23H22N2O4S/c1-27-12-11-25-20-10-9-18(28-2)14-21(20)30-23(25)24-22(26)15-29-19-8-7-16-5-3-4-6-17(16)13-19/h3-10,13-14H,11-12,15H2,1-2H3. The molecule has 4 rings (SSSR count). The third kappa shape index (κ3) is 4.37. The molecular formula is C23H22N2O4S. The van der Waals surface area contributed by atoms with E-state index in [1.165, 1.54) is 11.3 Å². The number of nitrogens with zero attached hydrogens (tertiary/aromatic N) is 2. The van der Waals surface area contributed by atoms with E-state index in [-0.39, 0.29) is 12.5 Å². The Hall–Kier alpha value is -3.16. The van der Waals surface area contributed by atoms with Crippen molar-refractivity contribution < 1.29 is 19.0 Å². The van der Waals surface area contributed by atoms with Crippen LogP contribution in [0.1, 0.15) is 0 Å². The summed E-state index contributed by atoms with van der Waals surface area (Å²) < 4.78 is 19.2. The van der Waals surface area contributed by atoms with Crippen LogP contribution in [-0.4, -0.2) is 37.9 Å². The van der Waals surface area contributed by atoms with E-state index in [2.05, 4.69) is 4.99 Å². The lowest BCUT2D eigenvalue weighted by atomic mass is 10.1. The van der Waals surface area contributed by atoms with Gasteiger partial charge in [-0.1, -0.05) is 41.7 Å². The monoisotopic (exact) mass is 422 g/mol. The van der Waals surface area contributed by atoms with Gasteiger partial charge in [-0.3, -0.25) is 4.79 Å². The number of methoxy groups -OCH3 is 2. The molecule has 0 spiro atoms. The molecule has 0 N–H and O–H groups in total. The van der Waals surface area contributed by atoms with Gasteiger partial charge in [0.05, 0.1) is 23.9 Å². The molecule has 6 nitrogen and oxygen atoms in total. The molecule has 4 aromatic rings. The van der Waals surface area contributed by atoms with E-state index in [1.54, 1.807) is 14.2 Å². The summed E-state index contributed by atoms with van der Waals surface area (Å²) in [6.45, 7) is 0.994. The van der Waals surface area contributed by atoms with Crippen molar-refractivity contribution in [3.05, 3.63) is 65.5 Å². The molecule has 30 heavy (non-hydrogen) atoms. The van der Waals surface area contributed by atoms with Crippen LogP contribution < -0.4 is 14.3 Å². The highest BCUT2D eigenvalue weighted by molar-refractivity contribution is 7.16. The maximum atomic E-state index is 12.5. The summed E-state index contributed by atoms with van der Waals surface area (Å²) in [6.07, 6.45) is 0. The van der Waals surface area contributed by atoms with Crippen molar-refractivity contribution in [3.63, 3.8) is 0 Å². The third-order valence-electron chi connectivity index (χ3n) is 4.71. The van der Waals surface area contributed by atoms with E-state index < -0.39 is 0 Å². The Morgan fingerprint density at radius 1 is 1.00 bits per heavy atom. The van der Waals surface area contributed by atoms with E-state index in [9.17, 15) is 4.79 Å². The van der Waals surface area contributed by atoms with Crippen molar-refractivity contribution >= 4 is 38.2 Å². The number of hydrogen-bond donors (Lipinski definition) is 0. The fraction of sp³-hybridized carbons (Fsp3) is 0.217. The molecule has 1 aromatic heterocycles. The van der Waals surface area contributed by atoms with Crippen LogP contribution in [0.5, 0.6) is 11.5 Å². The highest BCUT2D eigenvalue weighted by Crippen LogP contribution is 2.23. The van der Waals surface area contributed by atoms with Gasteiger partial charge in [-0.2, -0.15) is 4.99 Å². The minimum absolute atomic E-state index is 0.125. The molecule has 0 unspecified atom stereocenters. The van der Waals surface area contributed by atoms with Gasteiger partial charge in [0, 0.05) is 13.7 Å². The van der Waals surface area contributed by atoms with Crippen molar-refractivity contribution in [3.8, 4) is 11.5 Å². The number of rotatable bonds is 7. The average molecular weight is 423 g/mol. The minimum Gasteiger partial charge on any atom is -0.497 e. The number of carbonyl (C=O) groups is 1. The summed E-state index contributed by atoms with van der Waals surface area (Å²) in [4.78, 5) is 17.4. The molecule has 0 aliphatic heterocycles. The lowest BCUT2D eigenvalue weighted by molar-refractivity contribution is -0.120. The SMILES string of the molecule is COCCn1c(=NC(=O)COc2ccc3ccccc3c2)sc2cc(OC)ccc21. The molecule has 0 atom stereocenters. The van der Waals surface area contributed by atoms with Crippen molar-refractivity contribution in [2.75, 3.05) is 27.4 Å². The first-order valence-electron chi connectivity index (χ1n) is 9.53. The summed E-state index contributed by atoms with van der Waals surface area (Å²) in [5.74, 6) is 1.07. The predicted molar refractivity (Wildman–Crippen MR) is 118 cm³/mol. The number of hydrogen-bond acceptors (Lipinski definition) is 5. The molecule has 1 heterocycles.